The molecule has 0 aliphatic carbocycles. The van der Waals surface area contributed by atoms with E-state index in [2.05, 4.69) is 10.3 Å². The van der Waals surface area contributed by atoms with Gasteiger partial charge in [-0.15, -0.1) is 0 Å². The Bertz CT molecular complexity index is 1460. The van der Waals surface area contributed by atoms with Gasteiger partial charge in [-0.2, -0.15) is 0 Å². The fourth-order valence-electron chi connectivity index (χ4n) is 3.37. The van der Waals surface area contributed by atoms with Crippen molar-refractivity contribution in [3.8, 4) is 11.3 Å². The molecule has 7 nitrogen and oxygen atoms in total. The van der Waals surface area contributed by atoms with E-state index in [4.69, 9.17) is 20.4 Å². The number of halogens is 1. The van der Waals surface area contributed by atoms with Gasteiger partial charge >= 0.3 is 0 Å². The monoisotopic (exact) mass is 433 g/mol. The Hall–Kier alpha value is -3.84. The Morgan fingerprint density at radius 2 is 1.84 bits per heavy atom. The summed E-state index contributed by atoms with van der Waals surface area (Å²) in [4.78, 5) is 29.4. The van der Waals surface area contributed by atoms with E-state index in [0.717, 1.165) is 10.9 Å². The van der Waals surface area contributed by atoms with Crippen molar-refractivity contribution in [3.63, 3.8) is 0 Å². The van der Waals surface area contributed by atoms with Gasteiger partial charge in [0.2, 0.25) is 11.5 Å². The van der Waals surface area contributed by atoms with Gasteiger partial charge in [0.05, 0.1) is 12.9 Å². The average molecular weight is 434 g/mol. The zero-order valence-corrected chi connectivity index (χ0v) is 16.9. The minimum atomic E-state index is -0.403. The molecule has 0 atom stereocenters. The van der Waals surface area contributed by atoms with Crippen LogP contribution in [0.4, 0.5) is 0 Å². The average Bonchev–Trinajstić information content (AvgIpc) is 3.40. The number of benzene rings is 2. The molecule has 0 spiro atoms. The van der Waals surface area contributed by atoms with Gasteiger partial charge in [-0.25, -0.2) is 4.98 Å². The van der Waals surface area contributed by atoms with Crippen molar-refractivity contribution in [3.05, 3.63) is 88.1 Å². The third-order valence-electron chi connectivity index (χ3n) is 4.91. The number of fused-ring (bicyclic) bond motifs is 3. The maximum absolute atomic E-state index is 12.7. The molecule has 0 saturated heterocycles. The van der Waals surface area contributed by atoms with Crippen LogP contribution < -0.4 is 10.9 Å². The van der Waals surface area contributed by atoms with Gasteiger partial charge in [-0.05, 0) is 48.5 Å². The SMILES string of the molecule is O=C(Cn1cnc2c(oc3ccccc32)c1=O)NCc1ccc(-c2ccc(Cl)cc2)o1. The molecule has 2 aromatic carbocycles. The third kappa shape index (κ3) is 3.71. The molecule has 8 heteroatoms. The largest absolute Gasteiger partial charge is 0.459 e. The predicted molar refractivity (Wildman–Crippen MR) is 117 cm³/mol. The normalized spacial score (nSPS) is 11.3. The lowest BCUT2D eigenvalue weighted by molar-refractivity contribution is -0.122. The summed E-state index contributed by atoms with van der Waals surface area (Å²) in [6.07, 6.45) is 1.36. The van der Waals surface area contributed by atoms with Crippen LogP contribution in [-0.2, 0) is 17.9 Å². The summed E-state index contributed by atoms with van der Waals surface area (Å²) in [6.45, 7) is 0.0189. The molecule has 5 aromatic rings. The van der Waals surface area contributed by atoms with Crippen molar-refractivity contribution in [2.45, 2.75) is 13.1 Å². The molecule has 0 radical (unpaired) electrons. The Balaban J connectivity index is 1.28. The topological polar surface area (TPSA) is 90.3 Å². The van der Waals surface area contributed by atoms with E-state index >= 15 is 0 Å². The summed E-state index contributed by atoms with van der Waals surface area (Å²) in [5.74, 6) is 0.928. The molecule has 0 aliphatic rings. The second-order valence-corrected chi connectivity index (χ2v) is 7.44. The summed E-state index contributed by atoms with van der Waals surface area (Å²) in [5.41, 5.74) is 1.69. The molecule has 1 amide bonds. The van der Waals surface area contributed by atoms with Gasteiger partial charge in [0.15, 0.2) is 0 Å². The van der Waals surface area contributed by atoms with E-state index in [1.165, 1.54) is 10.9 Å². The van der Waals surface area contributed by atoms with Gasteiger partial charge in [-0.3, -0.25) is 14.2 Å². The Morgan fingerprint density at radius 3 is 2.68 bits per heavy atom. The first kappa shape index (κ1) is 19.1. The van der Waals surface area contributed by atoms with Crippen molar-refractivity contribution in [2.75, 3.05) is 0 Å². The molecule has 3 aromatic heterocycles. The van der Waals surface area contributed by atoms with Gasteiger partial charge in [0.25, 0.3) is 5.56 Å². The standard InChI is InChI=1S/C23H16ClN3O4/c24-15-7-5-14(6-8-15)18-10-9-16(30-18)11-25-20(28)12-27-13-26-21-17-3-1-2-4-19(17)31-22(21)23(27)29/h1-10,13H,11-12H2,(H,25,28). The maximum Gasteiger partial charge on any atom is 0.297 e. The first-order valence-corrected chi connectivity index (χ1v) is 9.94. The third-order valence-corrected chi connectivity index (χ3v) is 5.17. The quantitative estimate of drug-likeness (QED) is 0.444. The van der Waals surface area contributed by atoms with Crippen LogP contribution in [0.15, 0.2) is 80.6 Å². The number of nitrogens with zero attached hydrogens (tertiary/aromatic N) is 2. The van der Waals surface area contributed by atoms with E-state index in [1.807, 2.05) is 36.4 Å². The molecule has 5 rings (SSSR count). The lowest BCUT2D eigenvalue weighted by Gasteiger charge is -2.06. The van der Waals surface area contributed by atoms with Gasteiger partial charge in [0, 0.05) is 16.0 Å². The fourth-order valence-corrected chi connectivity index (χ4v) is 3.49. The Kier molecular flexibility index (Phi) is 4.80. The highest BCUT2D eigenvalue weighted by atomic mass is 35.5. The number of carbonyl (C=O) groups is 1. The molecular weight excluding hydrogens is 418 g/mol. The molecular formula is C23H16ClN3O4. The number of aromatic nitrogens is 2. The maximum atomic E-state index is 12.7. The van der Waals surface area contributed by atoms with E-state index in [1.54, 1.807) is 24.3 Å². The first-order chi connectivity index (χ1) is 15.1. The number of nitrogens with one attached hydrogen (secondary N) is 1. The highest BCUT2D eigenvalue weighted by molar-refractivity contribution is 6.30. The molecule has 0 aliphatic heterocycles. The summed E-state index contributed by atoms with van der Waals surface area (Å²) in [5, 5.41) is 4.16. The second-order valence-electron chi connectivity index (χ2n) is 7.00. The molecule has 154 valence electrons. The molecule has 3 heterocycles. The summed E-state index contributed by atoms with van der Waals surface area (Å²) >= 11 is 5.91. The van der Waals surface area contributed by atoms with E-state index < -0.39 is 5.56 Å². The summed E-state index contributed by atoms with van der Waals surface area (Å²) in [6, 6.07) is 18.2. The minimum absolute atomic E-state index is 0.134. The molecule has 0 fully saturated rings. The van der Waals surface area contributed by atoms with Crippen LogP contribution in [0.2, 0.25) is 5.02 Å². The van der Waals surface area contributed by atoms with Crippen LogP contribution in [-0.4, -0.2) is 15.5 Å². The molecule has 0 saturated carbocycles. The second kappa shape index (κ2) is 7.77. The van der Waals surface area contributed by atoms with Crippen LogP contribution in [0.3, 0.4) is 0 Å². The summed E-state index contributed by atoms with van der Waals surface area (Å²) in [7, 11) is 0. The van der Waals surface area contributed by atoms with Crippen molar-refractivity contribution >= 4 is 39.6 Å². The Morgan fingerprint density at radius 1 is 1.03 bits per heavy atom. The molecule has 1 N–H and O–H groups in total. The lowest BCUT2D eigenvalue weighted by Crippen LogP contribution is -2.31. The van der Waals surface area contributed by atoms with Crippen molar-refractivity contribution < 1.29 is 13.6 Å². The number of hydrogen-bond acceptors (Lipinski definition) is 5. The number of carbonyl (C=O) groups excluding carboxylic acids is 1. The fraction of sp³-hybridized carbons (Fsp3) is 0.0870. The van der Waals surface area contributed by atoms with E-state index in [-0.39, 0.29) is 24.6 Å². The van der Waals surface area contributed by atoms with Crippen molar-refractivity contribution in [1.82, 2.24) is 14.9 Å². The summed E-state index contributed by atoms with van der Waals surface area (Å²) < 4.78 is 12.6. The number of amides is 1. The number of para-hydroxylation sites is 1. The molecule has 0 bridgehead atoms. The smallest absolute Gasteiger partial charge is 0.297 e. The van der Waals surface area contributed by atoms with Crippen LogP contribution in [0.5, 0.6) is 0 Å². The van der Waals surface area contributed by atoms with Crippen LogP contribution in [0.25, 0.3) is 33.4 Å². The van der Waals surface area contributed by atoms with Gasteiger partial charge < -0.3 is 14.2 Å². The lowest BCUT2D eigenvalue weighted by atomic mass is 10.2. The minimum Gasteiger partial charge on any atom is -0.459 e. The van der Waals surface area contributed by atoms with Crippen LogP contribution in [0.1, 0.15) is 5.76 Å². The van der Waals surface area contributed by atoms with Crippen LogP contribution in [0, 0.1) is 0 Å². The zero-order chi connectivity index (χ0) is 21.4. The molecule has 31 heavy (non-hydrogen) atoms. The molecule has 0 unspecified atom stereocenters. The van der Waals surface area contributed by atoms with Gasteiger partial charge in [-0.1, -0.05) is 23.7 Å². The Labute approximate surface area is 180 Å². The highest BCUT2D eigenvalue weighted by Crippen LogP contribution is 2.25. The zero-order valence-electron chi connectivity index (χ0n) is 16.2. The number of furan rings is 2. The van der Waals surface area contributed by atoms with Crippen molar-refractivity contribution in [1.29, 1.82) is 0 Å². The van der Waals surface area contributed by atoms with Crippen molar-refractivity contribution in [2.24, 2.45) is 0 Å². The van der Waals surface area contributed by atoms with Crippen LogP contribution >= 0.6 is 11.6 Å². The van der Waals surface area contributed by atoms with E-state index in [0.29, 0.717) is 27.6 Å². The highest BCUT2D eigenvalue weighted by Gasteiger charge is 2.15. The van der Waals surface area contributed by atoms with E-state index in [9.17, 15) is 9.59 Å². The first-order valence-electron chi connectivity index (χ1n) is 9.56. The number of rotatable bonds is 5. The predicted octanol–water partition coefficient (Wildman–Crippen LogP) is 4.37. The number of hydrogen-bond donors (Lipinski definition) is 1. The van der Waals surface area contributed by atoms with Gasteiger partial charge in [0.1, 0.15) is 29.2 Å².